The second-order valence-electron chi connectivity index (χ2n) is 5.17. The summed E-state index contributed by atoms with van der Waals surface area (Å²) >= 11 is 0. The molecule has 2 heterocycles. The van der Waals surface area contributed by atoms with Crippen LogP contribution in [0, 0.1) is 17.8 Å². The van der Waals surface area contributed by atoms with Gasteiger partial charge in [-0.2, -0.15) is 0 Å². The maximum Gasteiger partial charge on any atom is 0.306 e. The highest BCUT2D eigenvalue weighted by Gasteiger charge is 2.45. The molecule has 2 aliphatic heterocycles. The zero-order valence-corrected chi connectivity index (χ0v) is 8.76. The first-order valence-electron chi connectivity index (χ1n) is 5.78. The fourth-order valence-corrected chi connectivity index (χ4v) is 3.27. The van der Waals surface area contributed by atoms with E-state index in [9.17, 15) is 4.79 Å². The summed E-state index contributed by atoms with van der Waals surface area (Å²) in [7, 11) is 0. The average molecular weight is 211 g/mol. The van der Waals surface area contributed by atoms with Crippen LogP contribution in [0.1, 0.15) is 12.8 Å². The van der Waals surface area contributed by atoms with Gasteiger partial charge in [-0.05, 0) is 24.7 Å². The van der Waals surface area contributed by atoms with E-state index in [1.165, 1.54) is 0 Å². The maximum absolute atomic E-state index is 10.9. The second kappa shape index (κ2) is 3.46. The fourth-order valence-electron chi connectivity index (χ4n) is 3.27. The van der Waals surface area contributed by atoms with Crippen molar-refractivity contribution < 1.29 is 14.6 Å². The largest absolute Gasteiger partial charge is 0.481 e. The molecule has 0 amide bonds. The Balaban J connectivity index is 1.58. The molecule has 2 atom stereocenters. The van der Waals surface area contributed by atoms with Crippen molar-refractivity contribution in [2.24, 2.45) is 17.8 Å². The van der Waals surface area contributed by atoms with Crippen molar-refractivity contribution in [1.82, 2.24) is 4.90 Å². The van der Waals surface area contributed by atoms with Gasteiger partial charge in [0.05, 0.1) is 25.2 Å². The van der Waals surface area contributed by atoms with E-state index in [1.807, 2.05) is 0 Å². The van der Waals surface area contributed by atoms with Crippen molar-refractivity contribution in [3.05, 3.63) is 0 Å². The highest BCUT2D eigenvalue weighted by atomic mass is 16.5. The van der Waals surface area contributed by atoms with Crippen LogP contribution < -0.4 is 0 Å². The van der Waals surface area contributed by atoms with E-state index in [0.29, 0.717) is 17.9 Å². The standard InChI is InChI=1S/C11H17NO3/c13-11(14)7-1-8-3-12(4-9(8)2-7)10-5-15-6-10/h7-10H,1-6H2,(H,13,14). The summed E-state index contributed by atoms with van der Waals surface area (Å²) in [6, 6.07) is 0.624. The van der Waals surface area contributed by atoms with Crippen LogP contribution in [0.15, 0.2) is 0 Å². The summed E-state index contributed by atoms with van der Waals surface area (Å²) in [5.41, 5.74) is 0. The summed E-state index contributed by atoms with van der Waals surface area (Å²) in [6.07, 6.45) is 1.79. The van der Waals surface area contributed by atoms with Gasteiger partial charge in [0.1, 0.15) is 0 Å². The number of hydrogen-bond donors (Lipinski definition) is 1. The smallest absolute Gasteiger partial charge is 0.306 e. The molecule has 84 valence electrons. The lowest BCUT2D eigenvalue weighted by Gasteiger charge is -2.35. The third kappa shape index (κ3) is 1.56. The lowest BCUT2D eigenvalue weighted by molar-refractivity contribution is -0.141. The Labute approximate surface area is 89.2 Å². The van der Waals surface area contributed by atoms with E-state index in [1.54, 1.807) is 0 Å². The monoisotopic (exact) mass is 211 g/mol. The van der Waals surface area contributed by atoms with Gasteiger partial charge < -0.3 is 9.84 Å². The van der Waals surface area contributed by atoms with Crippen LogP contribution in [0.5, 0.6) is 0 Å². The molecular formula is C11H17NO3. The summed E-state index contributed by atoms with van der Waals surface area (Å²) < 4.78 is 5.19. The Morgan fingerprint density at radius 3 is 2.20 bits per heavy atom. The number of ether oxygens (including phenoxy) is 1. The third-order valence-corrected chi connectivity index (χ3v) is 4.27. The number of carboxylic acids is 1. The van der Waals surface area contributed by atoms with Gasteiger partial charge in [-0.1, -0.05) is 0 Å². The van der Waals surface area contributed by atoms with E-state index < -0.39 is 5.97 Å². The third-order valence-electron chi connectivity index (χ3n) is 4.27. The van der Waals surface area contributed by atoms with Gasteiger partial charge in [0.15, 0.2) is 0 Å². The van der Waals surface area contributed by atoms with Crippen molar-refractivity contribution in [3.63, 3.8) is 0 Å². The lowest BCUT2D eigenvalue weighted by atomic mass is 10.0. The Kier molecular flexibility index (Phi) is 2.21. The van der Waals surface area contributed by atoms with Gasteiger partial charge in [-0.3, -0.25) is 9.69 Å². The van der Waals surface area contributed by atoms with Crippen LogP contribution in [0.4, 0.5) is 0 Å². The SMILES string of the molecule is O=C(O)C1CC2CN(C3COC3)CC2C1. The molecule has 3 fully saturated rings. The summed E-state index contributed by atoms with van der Waals surface area (Å²) in [5.74, 6) is 0.598. The molecule has 1 saturated carbocycles. The minimum Gasteiger partial charge on any atom is -0.481 e. The van der Waals surface area contributed by atoms with Gasteiger partial charge in [-0.25, -0.2) is 0 Å². The molecule has 3 rings (SSSR count). The predicted molar refractivity (Wildman–Crippen MR) is 53.5 cm³/mol. The number of likely N-dealkylation sites (tertiary alicyclic amines) is 1. The first-order valence-corrected chi connectivity index (χ1v) is 5.78. The molecule has 4 heteroatoms. The number of carbonyl (C=O) groups is 1. The zero-order valence-electron chi connectivity index (χ0n) is 8.76. The van der Waals surface area contributed by atoms with E-state index in [2.05, 4.69) is 4.90 Å². The summed E-state index contributed by atoms with van der Waals surface area (Å²) in [5, 5.41) is 8.97. The van der Waals surface area contributed by atoms with Gasteiger partial charge in [0.25, 0.3) is 0 Å². The fraction of sp³-hybridized carbons (Fsp3) is 0.909. The predicted octanol–water partition coefficient (Wildman–Crippen LogP) is 0.428. The molecule has 4 nitrogen and oxygen atoms in total. The van der Waals surface area contributed by atoms with Crippen molar-refractivity contribution in [1.29, 1.82) is 0 Å². The van der Waals surface area contributed by atoms with Gasteiger partial charge in [0.2, 0.25) is 0 Å². The van der Waals surface area contributed by atoms with Crippen LogP contribution in [0.25, 0.3) is 0 Å². The minimum atomic E-state index is -0.595. The van der Waals surface area contributed by atoms with Crippen molar-refractivity contribution in [2.45, 2.75) is 18.9 Å². The van der Waals surface area contributed by atoms with Crippen LogP contribution >= 0.6 is 0 Å². The van der Waals surface area contributed by atoms with Crippen molar-refractivity contribution >= 4 is 5.97 Å². The lowest BCUT2D eigenvalue weighted by Crippen LogP contribution is -2.48. The topological polar surface area (TPSA) is 49.8 Å². The molecule has 3 aliphatic rings. The van der Waals surface area contributed by atoms with Gasteiger partial charge in [0, 0.05) is 13.1 Å². The van der Waals surface area contributed by atoms with Crippen LogP contribution in [-0.4, -0.2) is 48.3 Å². The molecule has 0 aromatic carbocycles. The van der Waals surface area contributed by atoms with Crippen LogP contribution in [0.2, 0.25) is 0 Å². The molecule has 15 heavy (non-hydrogen) atoms. The number of carboxylic acid groups (broad SMARTS) is 1. The summed E-state index contributed by atoms with van der Waals surface area (Å²) in [6.45, 7) is 3.95. The number of hydrogen-bond acceptors (Lipinski definition) is 3. The molecule has 2 unspecified atom stereocenters. The Hall–Kier alpha value is -0.610. The first-order chi connectivity index (χ1) is 7.24. The maximum atomic E-state index is 10.9. The highest BCUT2D eigenvalue weighted by molar-refractivity contribution is 5.70. The van der Waals surface area contributed by atoms with Crippen LogP contribution in [-0.2, 0) is 9.53 Å². The molecule has 2 saturated heterocycles. The quantitative estimate of drug-likeness (QED) is 0.719. The highest BCUT2D eigenvalue weighted by Crippen LogP contribution is 2.42. The Morgan fingerprint density at radius 2 is 1.80 bits per heavy atom. The normalized spacial score (nSPS) is 41.5. The number of nitrogens with zero attached hydrogens (tertiary/aromatic N) is 1. The first kappa shape index (κ1) is 9.60. The minimum absolute atomic E-state index is 0.0696. The molecule has 0 spiro atoms. The molecule has 0 aromatic rings. The van der Waals surface area contributed by atoms with Crippen LogP contribution in [0.3, 0.4) is 0 Å². The molecule has 1 N–H and O–H groups in total. The number of aliphatic carboxylic acids is 1. The van der Waals surface area contributed by atoms with Crippen molar-refractivity contribution in [3.8, 4) is 0 Å². The second-order valence-corrected chi connectivity index (χ2v) is 5.17. The van der Waals surface area contributed by atoms with E-state index in [4.69, 9.17) is 9.84 Å². The average Bonchev–Trinajstić information content (AvgIpc) is 2.56. The van der Waals surface area contributed by atoms with E-state index >= 15 is 0 Å². The molecular weight excluding hydrogens is 194 g/mol. The van der Waals surface area contributed by atoms with Gasteiger partial charge >= 0.3 is 5.97 Å². The zero-order chi connectivity index (χ0) is 10.4. The van der Waals surface area contributed by atoms with Gasteiger partial charge in [-0.15, -0.1) is 0 Å². The molecule has 0 aromatic heterocycles. The van der Waals surface area contributed by atoms with Crippen molar-refractivity contribution in [2.75, 3.05) is 26.3 Å². The number of rotatable bonds is 2. The Bertz CT molecular complexity index is 263. The Morgan fingerprint density at radius 1 is 1.20 bits per heavy atom. The molecule has 1 aliphatic carbocycles. The summed E-state index contributed by atoms with van der Waals surface area (Å²) in [4.78, 5) is 13.4. The number of fused-ring (bicyclic) bond motifs is 1. The van der Waals surface area contributed by atoms with E-state index in [0.717, 1.165) is 39.1 Å². The molecule has 0 bridgehead atoms. The van der Waals surface area contributed by atoms with E-state index in [-0.39, 0.29) is 5.92 Å². The molecule has 0 radical (unpaired) electrons.